The smallest absolute Gasteiger partial charge is 0.356 e. The minimum Gasteiger partial charge on any atom is -0.461 e. The standard InChI is InChI=1S/C11H14ClNO2/c1-8(2)4-6-15-11(14)10-7-9(12)3-5-13-10/h3,5,7-8H,4,6H2,1-2H3. The number of halogens is 1. The number of esters is 1. The number of aromatic nitrogens is 1. The summed E-state index contributed by atoms with van der Waals surface area (Å²) in [5.74, 6) is 0.100. The molecule has 0 saturated carbocycles. The highest BCUT2D eigenvalue weighted by molar-refractivity contribution is 6.30. The highest BCUT2D eigenvalue weighted by atomic mass is 35.5. The van der Waals surface area contributed by atoms with E-state index in [1.807, 2.05) is 0 Å². The lowest BCUT2D eigenvalue weighted by Gasteiger charge is -2.06. The van der Waals surface area contributed by atoms with Crippen LogP contribution in [0.25, 0.3) is 0 Å². The molecule has 1 aromatic rings. The van der Waals surface area contributed by atoms with Crippen LogP contribution in [0, 0.1) is 5.92 Å². The Morgan fingerprint density at radius 2 is 2.33 bits per heavy atom. The highest BCUT2D eigenvalue weighted by Gasteiger charge is 2.08. The third-order valence-electron chi connectivity index (χ3n) is 1.86. The quantitative estimate of drug-likeness (QED) is 0.743. The monoisotopic (exact) mass is 227 g/mol. The first-order valence-corrected chi connectivity index (χ1v) is 5.26. The molecule has 1 rings (SSSR count). The third kappa shape index (κ3) is 4.30. The first kappa shape index (κ1) is 12.0. The van der Waals surface area contributed by atoms with Gasteiger partial charge in [-0.15, -0.1) is 0 Å². The Bertz CT molecular complexity index is 339. The van der Waals surface area contributed by atoms with Crippen LogP contribution < -0.4 is 0 Å². The van der Waals surface area contributed by atoms with Gasteiger partial charge < -0.3 is 4.74 Å². The fourth-order valence-corrected chi connectivity index (χ4v) is 1.14. The topological polar surface area (TPSA) is 39.2 Å². The summed E-state index contributed by atoms with van der Waals surface area (Å²) in [6.07, 6.45) is 2.34. The molecule has 0 aromatic carbocycles. The molecular formula is C11H14ClNO2. The number of pyridine rings is 1. The maximum atomic E-state index is 11.4. The van der Waals surface area contributed by atoms with E-state index in [1.54, 1.807) is 6.07 Å². The second kappa shape index (κ2) is 5.71. The molecule has 0 bridgehead atoms. The van der Waals surface area contributed by atoms with Crippen molar-refractivity contribution in [3.05, 3.63) is 29.0 Å². The number of hydrogen-bond donors (Lipinski definition) is 0. The molecule has 0 radical (unpaired) electrons. The SMILES string of the molecule is CC(C)CCOC(=O)c1cc(Cl)ccn1. The number of nitrogens with zero attached hydrogens (tertiary/aromatic N) is 1. The maximum Gasteiger partial charge on any atom is 0.356 e. The summed E-state index contributed by atoms with van der Waals surface area (Å²) in [5.41, 5.74) is 0.256. The van der Waals surface area contributed by atoms with Crippen LogP contribution in [0.3, 0.4) is 0 Å². The minimum atomic E-state index is -0.418. The second-order valence-corrected chi connectivity index (χ2v) is 4.11. The van der Waals surface area contributed by atoms with Crippen LogP contribution in [-0.4, -0.2) is 17.6 Å². The summed E-state index contributed by atoms with van der Waals surface area (Å²) >= 11 is 5.73. The zero-order valence-corrected chi connectivity index (χ0v) is 9.62. The molecule has 1 heterocycles. The molecule has 0 aliphatic carbocycles. The molecule has 82 valence electrons. The fourth-order valence-electron chi connectivity index (χ4n) is 0.978. The molecular weight excluding hydrogens is 214 g/mol. The van der Waals surface area contributed by atoms with Gasteiger partial charge in [-0.05, 0) is 24.5 Å². The molecule has 0 aliphatic heterocycles. The Morgan fingerprint density at radius 1 is 1.60 bits per heavy atom. The van der Waals surface area contributed by atoms with Crippen LogP contribution in [0.15, 0.2) is 18.3 Å². The van der Waals surface area contributed by atoms with Crippen molar-refractivity contribution in [2.75, 3.05) is 6.61 Å². The van der Waals surface area contributed by atoms with E-state index in [0.717, 1.165) is 6.42 Å². The molecule has 0 amide bonds. The van der Waals surface area contributed by atoms with Gasteiger partial charge in [0.25, 0.3) is 0 Å². The predicted octanol–water partition coefficient (Wildman–Crippen LogP) is 2.94. The van der Waals surface area contributed by atoms with Crippen molar-refractivity contribution in [1.82, 2.24) is 4.98 Å². The molecule has 0 unspecified atom stereocenters. The zero-order valence-electron chi connectivity index (χ0n) is 8.87. The molecule has 4 heteroatoms. The van der Waals surface area contributed by atoms with Crippen molar-refractivity contribution in [3.63, 3.8) is 0 Å². The number of ether oxygens (including phenoxy) is 1. The van der Waals surface area contributed by atoms with Crippen molar-refractivity contribution >= 4 is 17.6 Å². The normalized spacial score (nSPS) is 10.4. The van der Waals surface area contributed by atoms with Gasteiger partial charge in [0, 0.05) is 11.2 Å². The molecule has 3 nitrogen and oxygen atoms in total. The van der Waals surface area contributed by atoms with E-state index in [2.05, 4.69) is 18.8 Å². The summed E-state index contributed by atoms with van der Waals surface area (Å²) in [5, 5.41) is 0.487. The number of carbonyl (C=O) groups is 1. The van der Waals surface area contributed by atoms with Crippen LogP contribution in [0.4, 0.5) is 0 Å². The molecule has 0 N–H and O–H groups in total. The molecule has 0 aliphatic rings. The summed E-state index contributed by atoms with van der Waals surface area (Å²) in [6.45, 7) is 4.57. The predicted molar refractivity (Wildman–Crippen MR) is 59.0 cm³/mol. The van der Waals surface area contributed by atoms with E-state index in [-0.39, 0.29) is 5.69 Å². The van der Waals surface area contributed by atoms with Crippen molar-refractivity contribution in [1.29, 1.82) is 0 Å². The zero-order chi connectivity index (χ0) is 11.3. The Kier molecular flexibility index (Phi) is 4.56. The third-order valence-corrected chi connectivity index (χ3v) is 2.09. The lowest BCUT2D eigenvalue weighted by Crippen LogP contribution is -2.09. The lowest BCUT2D eigenvalue weighted by atomic mass is 10.1. The average molecular weight is 228 g/mol. The van der Waals surface area contributed by atoms with Gasteiger partial charge in [0.05, 0.1) is 6.61 Å². The number of carbonyl (C=O) groups excluding carboxylic acids is 1. The van der Waals surface area contributed by atoms with Gasteiger partial charge in [-0.1, -0.05) is 25.4 Å². The number of hydrogen-bond acceptors (Lipinski definition) is 3. The van der Waals surface area contributed by atoms with Crippen molar-refractivity contribution < 1.29 is 9.53 Å². The average Bonchev–Trinajstić information content (AvgIpc) is 2.17. The highest BCUT2D eigenvalue weighted by Crippen LogP contribution is 2.09. The van der Waals surface area contributed by atoms with Crippen LogP contribution in [-0.2, 0) is 4.74 Å². The largest absolute Gasteiger partial charge is 0.461 e. The molecule has 0 fully saturated rings. The van der Waals surface area contributed by atoms with Gasteiger partial charge in [-0.25, -0.2) is 9.78 Å². The van der Waals surface area contributed by atoms with Gasteiger partial charge in [0.1, 0.15) is 5.69 Å². The molecule has 0 atom stereocenters. The van der Waals surface area contributed by atoms with E-state index >= 15 is 0 Å². The van der Waals surface area contributed by atoms with Gasteiger partial charge in [0.2, 0.25) is 0 Å². The van der Waals surface area contributed by atoms with Crippen LogP contribution in [0.2, 0.25) is 5.02 Å². The Labute approximate surface area is 94.4 Å². The lowest BCUT2D eigenvalue weighted by molar-refractivity contribution is 0.0481. The van der Waals surface area contributed by atoms with Crippen molar-refractivity contribution in [2.45, 2.75) is 20.3 Å². The molecule has 1 aromatic heterocycles. The van der Waals surface area contributed by atoms with E-state index in [9.17, 15) is 4.79 Å². The Hall–Kier alpha value is -1.09. The Balaban J connectivity index is 2.47. The van der Waals surface area contributed by atoms with E-state index in [4.69, 9.17) is 16.3 Å². The van der Waals surface area contributed by atoms with Crippen LogP contribution in [0.5, 0.6) is 0 Å². The molecule has 0 saturated heterocycles. The summed E-state index contributed by atoms with van der Waals surface area (Å²) < 4.78 is 5.03. The van der Waals surface area contributed by atoms with Gasteiger partial charge >= 0.3 is 5.97 Å². The second-order valence-electron chi connectivity index (χ2n) is 3.68. The van der Waals surface area contributed by atoms with Gasteiger partial charge in [-0.2, -0.15) is 0 Å². The maximum absolute atomic E-state index is 11.4. The first-order chi connectivity index (χ1) is 7.09. The van der Waals surface area contributed by atoms with E-state index in [1.165, 1.54) is 12.3 Å². The fraction of sp³-hybridized carbons (Fsp3) is 0.455. The van der Waals surface area contributed by atoms with Crippen molar-refractivity contribution in [2.24, 2.45) is 5.92 Å². The van der Waals surface area contributed by atoms with Crippen LogP contribution in [0.1, 0.15) is 30.8 Å². The van der Waals surface area contributed by atoms with E-state index < -0.39 is 5.97 Å². The summed E-state index contributed by atoms with van der Waals surface area (Å²) in [7, 11) is 0. The minimum absolute atomic E-state index is 0.256. The summed E-state index contributed by atoms with van der Waals surface area (Å²) in [6, 6.07) is 3.12. The summed E-state index contributed by atoms with van der Waals surface area (Å²) in [4.78, 5) is 15.3. The first-order valence-electron chi connectivity index (χ1n) is 4.88. The molecule has 15 heavy (non-hydrogen) atoms. The Morgan fingerprint density at radius 3 is 2.93 bits per heavy atom. The number of rotatable bonds is 4. The van der Waals surface area contributed by atoms with Gasteiger partial charge in [-0.3, -0.25) is 0 Å². The van der Waals surface area contributed by atoms with Crippen LogP contribution >= 0.6 is 11.6 Å². The van der Waals surface area contributed by atoms with E-state index in [0.29, 0.717) is 17.5 Å². The van der Waals surface area contributed by atoms with Gasteiger partial charge in [0.15, 0.2) is 0 Å². The molecule has 0 spiro atoms. The van der Waals surface area contributed by atoms with Crippen molar-refractivity contribution in [3.8, 4) is 0 Å².